The van der Waals surface area contributed by atoms with E-state index in [2.05, 4.69) is 4.98 Å². The zero-order valence-corrected chi connectivity index (χ0v) is 12.4. The molecule has 0 aliphatic carbocycles. The van der Waals surface area contributed by atoms with Crippen molar-refractivity contribution in [1.82, 2.24) is 4.98 Å². The third kappa shape index (κ3) is 3.34. The average molecular weight is 329 g/mol. The molecule has 1 aromatic rings. The molecule has 2 rings (SSSR count). The van der Waals surface area contributed by atoms with Gasteiger partial charge >= 0.3 is 0 Å². The summed E-state index contributed by atoms with van der Waals surface area (Å²) in [6, 6.07) is 0. The van der Waals surface area contributed by atoms with Gasteiger partial charge in [-0.1, -0.05) is 0 Å². The molecule has 0 aromatic carbocycles. The van der Waals surface area contributed by atoms with E-state index in [9.17, 15) is 25.2 Å². The van der Waals surface area contributed by atoms with Gasteiger partial charge in [-0.2, -0.15) is 0 Å². The van der Waals surface area contributed by atoms with Crippen LogP contribution < -0.4 is 4.74 Å². The van der Waals surface area contributed by atoms with Gasteiger partial charge in [0.05, 0.1) is 24.5 Å². The molecular weight excluding hydrogens is 310 g/mol. The van der Waals surface area contributed by atoms with E-state index in [1.165, 1.54) is 6.20 Å². The Morgan fingerprint density at radius 2 is 1.96 bits per heavy atom. The molecule has 0 saturated carbocycles. The highest BCUT2D eigenvalue weighted by Gasteiger charge is 2.45. The van der Waals surface area contributed by atoms with Crippen LogP contribution in [-0.2, 0) is 11.3 Å². The maximum atomic E-state index is 11.3. The Hall–Kier alpha value is -1.62. The second-order valence-electron chi connectivity index (χ2n) is 5.20. The zero-order valence-electron chi connectivity index (χ0n) is 12.4. The van der Waals surface area contributed by atoms with Gasteiger partial charge in [0.15, 0.2) is 12.0 Å². The van der Waals surface area contributed by atoms with Gasteiger partial charge < -0.3 is 35.0 Å². The van der Waals surface area contributed by atoms with Crippen molar-refractivity contribution >= 4 is 6.29 Å². The lowest BCUT2D eigenvalue weighted by atomic mass is 9.99. The molecule has 128 valence electrons. The molecule has 1 aliphatic rings. The normalized spacial score (nSPS) is 31.0. The van der Waals surface area contributed by atoms with Crippen molar-refractivity contribution in [2.75, 3.05) is 6.61 Å². The smallest absolute Gasteiger partial charge is 0.229 e. The third-order valence-electron chi connectivity index (χ3n) is 3.70. The minimum atomic E-state index is -1.61. The first-order valence-corrected chi connectivity index (χ1v) is 6.96. The topological polar surface area (TPSA) is 150 Å². The van der Waals surface area contributed by atoms with Crippen LogP contribution in [-0.4, -0.2) is 74.1 Å². The van der Waals surface area contributed by atoms with Crippen LogP contribution in [0.15, 0.2) is 6.20 Å². The third-order valence-corrected chi connectivity index (χ3v) is 3.70. The number of rotatable bonds is 5. The Morgan fingerprint density at radius 3 is 2.52 bits per heavy atom. The van der Waals surface area contributed by atoms with Crippen molar-refractivity contribution in [3.8, 4) is 5.75 Å². The minimum absolute atomic E-state index is 0.0177. The predicted octanol–water partition coefficient (Wildman–Crippen LogP) is -2.13. The minimum Gasteiger partial charge on any atom is -0.459 e. The molecule has 23 heavy (non-hydrogen) atoms. The van der Waals surface area contributed by atoms with Gasteiger partial charge in [-0.3, -0.25) is 9.78 Å². The second kappa shape index (κ2) is 7.30. The highest BCUT2D eigenvalue weighted by molar-refractivity contribution is 5.82. The van der Waals surface area contributed by atoms with Crippen molar-refractivity contribution in [3.63, 3.8) is 0 Å². The van der Waals surface area contributed by atoms with Crippen LogP contribution in [0.4, 0.5) is 0 Å². The van der Waals surface area contributed by atoms with E-state index in [1.54, 1.807) is 6.92 Å². The van der Waals surface area contributed by atoms with E-state index in [0.29, 0.717) is 12.0 Å². The molecule has 1 aromatic heterocycles. The van der Waals surface area contributed by atoms with Crippen LogP contribution >= 0.6 is 0 Å². The fraction of sp³-hybridized carbons (Fsp3) is 0.571. The summed E-state index contributed by atoms with van der Waals surface area (Å²) in [5, 5.41) is 47.8. The first kappa shape index (κ1) is 17.7. The summed E-state index contributed by atoms with van der Waals surface area (Å²) in [6.45, 7) is 0.513. The van der Waals surface area contributed by atoms with Crippen molar-refractivity contribution in [2.24, 2.45) is 0 Å². The SMILES string of the molecule is Cc1ncc(CO)c(C=O)c1OC1O[C@H](CO)[C@@H](O)[C@H](O)[C@H]1O. The molecule has 9 nitrogen and oxygen atoms in total. The fourth-order valence-electron chi connectivity index (χ4n) is 2.33. The number of nitrogens with zero attached hydrogens (tertiary/aromatic N) is 1. The van der Waals surface area contributed by atoms with Crippen LogP contribution in [0.1, 0.15) is 21.6 Å². The van der Waals surface area contributed by atoms with Gasteiger partial charge in [-0.25, -0.2) is 0 Å². The van der Waals surface area contributed by atoms with Gasteiger partial charge in [0.2, 0.25) is 6.29 Å². The van der Waals surface area contributed by atoms with E-state index in [0.717, 1.165) is 0 Å². The Kier molecular flexibility index (Phi) is 5.63. The highest BCUT2D eigenvalue weighted by Crippen LogP contribution is 2.29. The molecule has 5 atom stereocenters. The van der Waals surface area contributed by atoms with Gasteiger partial charge in [0.1, 0.15) is 24.4 Å². The van der Waals surface area contributed by atoms with E-state index in [-0.39, 0.29) is 16.9 Å². The van der Waals surface area contributed by atoms with Crippen LogP contribution in [0.5, 0.6) is 5.75 Å². The first-order valence-electron chi connectivity index (χ1n) is 6.96. The highest BCUT2D eigenvalue weighted by atomic mass is 16.7. The van der Waals surface area contributed by atoms with Crippen molar-refractivity contribution < 1.29 is 39.8 Å². The standard InChI is InChI=1S/C14H19NO8/c1-6-13(8(4-17)7(3-16)2-15-6)23-14-12(21)11(20)10(19)9(5-18)22-14/h2,4,9-12,14,16,18-21H,3,5H2,1H3/t9-,10-,11+,12-,14?/m1/s1. The molecular formula is C14H19NO8. The van der Waals surface area contributed by atoms with Gasteiger partial charge in [-0.15, -0.1) is 0 Å². The van der Waals surface area contributed by atoms with Crippen LogP contribution in [0.25, 0.3) is 0 Å². The first-order chi connectivity index (χ1) is 10.9. The lowest BCUT2D eigenvalue weighted by Crippen LogP contribution is -2.60. The van der Waals surface area contributed by atoms with Crippen LogP contribution in [0, 0.1) is 6.92 Å². The number of carbonyl (C=O) groups excluding carboxylic acids is 1. The molecule has 2 heterocycles. The molecule has 0 bridgehead atoms. The van der Waals surface area contributed by atoms with E-state index >= 15 is 0 Å². The maximum Gasteiger partial charge on any atom is 0.229 e. The summed E-state index contributed by atoms with van der Waals surface area (Å²) in [5.74, 6) is -0.0177. The Labute approximate surface area is 131 Å². The fourth-order valence-corrected chi connectivity index (χ4v) is 2.33. The van der Waals surface area contributed by atoms with E-state index < -0.39 is 43.9 Å². The molecule has 1 fully saturated rings. The Bertz CT molecular complexity index is 564. The Morgan fingerprint density at radius 1 is 1.26 bits per heavy atom. The number of ether oxygens (including phenoxy) is 2. The van der Waals surface area contributed by atoms with Crippen molar-refractivity contribution in [1.29, 1.82) is 0 Å². The molecule has 9 heteroatoms. The average Bonchev–Trinajstić information content (AvgIpc) is 2.56. The lowest BCUT2D eigenvalue weighted by Gasteiger charge is -2.39. The number of hydrogen-bond donors (Lipinski definition) is 5. The number of aliphatic hydroxyl groups is 5. The molecule has 5 N–H and O–H groups in total. The largest absolute Gasteiger partial charge is 0.459 e. The quantitative estimate of drug-likeness (QED) is 0.382. The number of aliphatic hydroxyl groups excluding tert-OH is 5. The number of pyridine rings is 1. The monoisotopic (exact) mass is 329 g/mol. The number of aryl methyl sites for hydroxylation is 1. The number of aldehydes is 1. The molecule has 0 amide bonds. The van der Waals surface area contributed by atoms with Crippen LogP contribution in [0.3, 0.4) is 0 Å². The number of carbonyl (C=O) groups is 1. The number of aromatic nitrogens is 1. The van der Waals surface area contributed by atoms with Crippen molar-refractivity contribution in [2.45, 2.75) is 44.2 Å². The van der Waals surface area contributed by atoms with E-state index in [4.69, 9.17) is 14.6 Å². The number of hydrogen-bond acceptors (Lipinski definition) is 9. The molecule has 1 aliphatic heterocycles. The second-order valence-corrected chi connectivity index (χ2v) is 5.20. The van der Waals surface area contributed by atoms with Gasteiger partial charge in [0, 0.05) is 11.8 Å². The predicted molar refractivity (Wildman–Crippen MR) is 74.7 cm³/mol. The zero-order chi connectivity index (χ0) is 17.1. The van der Waals surface area contributed by atoms with Crippen molar-refractivity contribution in [3.05, 3.63) is 23.0 Å². The molecule has 1 saturated heterocycles. The van der Waals surface area contributed by atoms with Gasteiger partial charge in [-0.05, 0) is 6.92 Å². The Balaban J connectivity index is 2.32. The molecule has 1 unspecified atom stereocenters. The summed E-state index contributed by atoms with van der Waals surface area (Å²) in [5.41, 5.74) is 0.573. The molecule has 0 radical (unpaired) electrons. The molecule has 0 spiro atoms. The summed E-state index contributed by atoms with van der Waals surface area (Å²) in [6.07, 6.45) is -5.49. The summed E-state index contributed by atoms with van der Waals surface area (Å²) in [4.78, 5) is 15.2. The summed E-state index contributed by atoms with van der Waals surface area (Å²) >= 11 is 0. The summed E-state index contributed by atoms with van der Waals surface area (Å²) < 4.78 is 10.7. The maximum absolute atomic E-state index is 11.3. The summed E-state index contributed by atoms with van der Waals surface area (Å²) in [7, 11) is 0. The lowest BCUT2D eigenvalue weighted by molar-refractivity contribution is -0.277. The van der Waals surface area contributed by atoms with Crippen LogP contribution in [0.2, 0.25) is 0 Å². The van der Waals surface area contributed by atoms with E-state index in [1.807, 2.05) is 0 Å². The van der Waals surface area contributed by atoms with Gasteiger partial charge in [0.25, 0.3) is 0 Å².